The first kappa shape index (κ1) is 21.0. The third-order valence-corrected chi connectivity index (χ3v) is 5.89. The molecule has 0 amide bonds. The van der Waals surface area contributed by atoms with Crippen LogP contribution in [-0.4, -0.2) is 29.9 Å². The molecule has 8 nitrogen and oxygen atoms in total. The minimum absolute atomic E-state index is 0.426. The first-order valence-corrected chi connectivity index (χ1v) is 11.2. The van der Waals surface area contributed by atoms with Crippen LogP contribution in [0.4, 0.5) is 11.5 Å². The lowest BCUT2D eigenvalue weighted by atomic mass is 10.1. The molecule has 4 aromatic heterocycles. The van der Waals surface area contributed by atoms with Crippen LogP contribution >= 0.6 is 11.6 Å². The normalized spacial score (nSPS) is 11.1. The molecular weight excluding hydrogens is 462 g/mol. The van der Waals surface area contributed by atoms with E-state index >= 15 is 0 Å². The van der Waals surface area contributed by atoms with Gasteiger partial charge < -0.3 is 15.0 Å². The standard InChI is InChI=1S/C26H18ClN7O/c1-15-4-9-19-18(10-12-28-24(19)34-17-7-5-16(27)6-8-17)23(15)35-26-20(3-2-11-29-26)21-22-25(32-13-30-21)33-14-31-22/h2-14H,1H3,(H,28,34)(H,30,31,32,33). The molecule has 0 saturated carbocycles. The van der Waals surface area contributed by atoms with Gasteiger partial charge >= 0.3 is 0 Å². The van der Waals surface area contributed by atoms with Gasteiger partial charge in [-0.05, 0) is 55.0 Å². The maximum Gasteiger partial charge on any atom is 0.228 e. The van der Waals surface area contributed by atoms with Crippen molar-refractivity contribution in [3.05, 3.63) is 90.2 Å². The number of pyridine rings is 2. The Labute approximate surface area is 205 Å². The van der Waals surface area contributed by atoms with Crippen molar-refractivity contribution in [2.75, 3.05) is 5.32 Å². The summed E-state index contributed by atoms with van der Waals surface area (Å²) >= 11 is 6.03. The summed E-state index contributed by atoms with van der Waals surface area (Å²) in [5.74, 6) is 1.83. The van der Waals surface area contributed by atoms with Gasteiger partial charge in [-0.1, -0.05) is 23.7 Å². The third kappa shape index (κ3) is 3.89. The van der Waals surface area contributed by atoms with Crippen molar-refractivity contribution in [2.45, 2.75) is 6.92 Å². The summed E-state index contributed by atoms with van der Waals surface area (Å²) in [6, 6.07) is 17.2. The van der Waals surface area contributed by atoms with E-state index in [9.17, 15) is 0 Å². The Kier molecular flexibility index (Phi) is 5.20. The van der Waals surface area contributed by atoms with Gasteiger partial charge in [0.15, 0.2) is 5.65 Å². The Balaban J connectivity index is 1.44. The number of aryl methyl sites for hydroxylation is 1. The lowest BCUT2D eigenvalue weighted by Gasteiger charge is -2.15. The molecule has 2 N–H and O–H groups in total. The van der Waals surface area contributed by atoms with Gasteiger partial charge in [0.1, 0.15) is 29.1 Å². The molecule has 0 aliphatic heterocycles. The van der Waals surface area contributed by atoms with Crippen molar-refractivity contribution < 1.29 is 4.74 Å². The second-order valence-electron chi connectivity index (χ2n) is 7.88. The lowest BCUT2D eigenvalue weighted by Crippen LogP contribution is -1.98. The average Bonchev–Trinajstić information content (AvgIpc) is 3.37. The summed E-state index contributed by atoms with van der Waals surface area (Å²) in [5.41, 5.74) is 4.51. The fourth-order valence-corrected chi connectivity index (χ4v) is 4.08. The first-order chi connectivity index (χ1) is 17.2. The predicted molar refractivity (Wildman–Crippen MR) is 136 cm³/mol. The minimum Gasteiger partial charge on any atom is -0.437 e. The zero-order valence-corrected chi connectivity index (χ0v) is 19.3. The highest BCUT2D eigenvalue weighted by Gasteiger charge is 2.18. The molecule has 6 rings (SSSR count). The van der Waals surface area contributed by atoms with Crippen LogP contribution in [0.15, 0.2) is 79.6 Å². The highest BCUT2D eigenvalue weighted by molar-refractivity contribution is 6.30. The van der Waals surface area contributed by atoms with Gasteiger partial charge in [-0.25, -0.2) is 24.9 Å². The van der Waals surface area contributed by atoms with Crippen LogP contribution in [0.2, 0.25) is 5.02 Å². The molecule has 9 heteroatoms. The summed E-state index contributed by atoms with van der Waals surface area (Å²) in [6.07, 6.45) is 6.54. The number of hydrogen-bond donors (Lipinski definition) is 2. The van der Waals surface area contributed by atoms with Gasteiger partial charge in [-0.15, -0.1) is 0 Å². The Morgan fingerprint density at radius 3 is 2.63 bits per heavy atom. The van der Waals surface area contributed by atoms with Gasteiger partial charge in [0.05, 0.1) is 11.9 Å². The summed E-state index contributed by atoms with van der Waals surface area (Å²) in [4.78, 5) is 25.2. The number of aromatic nitrogens is 6. The van der Waals surface area contributed by atoms with E-state index in [4.69, 9.17) is 16.3 Å². The highest BCUT2D eigenvalue weighted by Crippen LogP contribution is 2.39. The molecule has 2 aromatic carbocycles. The van der Waals surface area contributed by atoms with Crippen molar-refractivity contribution in [2.24, 2.45) is 0 Å². The molecule has 0 unspecified atom stereocenters. The Morgan fingerprint density at radius 1 is 0.857 bits per heavy atom. The van der Waals surface area contributed by atoms with E-state index in [1.165, 1.54) is 6.33 Å². The summed E-state index contributed by atoms with van der Waals surface area (Å²) in [6.45, 7) is 2.00. The molecule has 35 heavy (non-hydrogen) atoms. The van der Waals surface area contributed by atoms with E-state index in [2.05, 4.69) is 35.2 Å². The fourth-order valence-electron chi connectivity index (χ4n) is 3.95. The number of rotatable bonds is 5. The number of anilines is 2. The quantitative estimate of drug-likeness (QED) is 0.292. The fraction of sp³-hybridized carbons (Fsp3) is 0.0385. The number of H-pyrrole nitrogens is 1. The van der Waals surface area contributed by atoms with Crippen LogP contribution in [0.1, 0.15) is 5.56 Å². The van der Waals surface area contributed by atoms with Crippen LogP contribution in [0, 0.1) is 6.92 Å². The van der Waals surface area contributed by atoms with Crippen molar-refractivity contribution in [1.82, 2.24) is 29.9 Å². The van der Waals surface area contributed by atoms with E-state index in [-0.39, 0.29) is 0 Å². The number of aromatic amines is 1. The number of imidazole rings is 1. The molecule has 6 aromatic rings. The SMILES string of the molecule is Cc1ccc2c(Nc3ccc(Cl)cc3)nccc2c1Oc1ncccc1-c1ncnc2[nH]cnc12. The largest absolute Gasteiger partial charge is 0.437 e. The topological polar surface area (TPSA) is 102 Å². The Morgan fingerprint density at radius 2 is 1.74 bits per heavy atom. The average molecular weight is 480 g/mol. The maximum atomic E-state index is 6.47. The van der Waals surface area contributed by atoms with Crippen LogP contribution in [0.25, 0.3) is 33.2 Å². The van der Waals surface area contributed by atoms with Crippen LogP contribution in [0.5, 0.6) is 11.6 Å². The van der Waals surface area contributed by atoms with E-state index in [0.717, 1.165) is 27.6 Å². The number of benzene rings is 2. The zero-order valence-electron chi connectivity index (χ0n) is 18.5. The monoisotopic (exact) mass is 479 g/mol. The number of nitrogens with zero attached hydrogens (tertiary/aromatic N) is 5. The number of halogens is 1. The molecule has 0 bridgehead atoms. The molecule has 0 atom stereocenters. The molecule has 4 heterocycles. The number of ether oxygens (including phenoxy) is 1. The van der Waals surface area contributed by atoms with Crippen molar-refractivity contribution in [3.8, 4) is 22.9 Å². The summed E-state index contributed by atoms with van der Waals surface area (Å²) in [7, 11) is 0. The molecule has 0 radical (unpaired) electrons. The van der Waals surface area contributed by atoms with Gasteiger partial charge in [-0.2, -0.15) is 0 Å². The maximum absolute atomic E-state index is 6.47. The number of hydrogen-bond acceptors (Lipinski definition) is 7. The Hall–Kier alpha value is -4.56. The van der Waals surface area contributed by atoms with E-state index in [1.807, 2.05) is 61.5 Å². The summed E-state index contributed by atoms with van der Waals surface area (Å²) in [5, 5.41) is 5.86. The molecule has 0 saturated heterocycles. The number of fused-ring (bicyclic) bond motifs is 2. The minimum atomic E-state index is 0.426. The van der Waals surface area contributed by atoms with E-state index < -0.39 is 0 Å². The van der Waals surface area contributed by atoms with Crippen LogP contribution in [-0.2, 0) is 0 Å². The number of nitrogens with one attached hydrogen (secondary N) is 2. The Bertz CT molecular complexity index is 1680. The molecular formula is C26H18ClN7O. The molecule has 0 aliphatic carbocycles. The zero-order chi connectivity index (χ0) is 23.8. The second kappa shape index (κ2) is 8.66. The third-order valence-electron chi connectivity index (χ3n) is 5.64. The van der Waals surface area contributed by atoms with E-state index in [1.54, 1.807) is 18.7 Å². The van der Waals surface area contributed by atoms with Crippen molar-refractivity contribution in [3.63, 3.8) is 0 Å². The van der Waals surface area contributed by atoms with Crippen molar-refractivity contribution in [1.29, 1.82) is 0 Å². The predicted octanol–water partition coefficient (Wildman–Crippen LogP) is 6.46. The summed E-state index contributed by atoms with van der Waals surface area (Å²) < 4.78 is 6.47. The van der Waals surface area contributed by atoms with Gasteiger partial charge in [-0.3, -0.25) is 0 Å². The second-order valence-corrected chi connectivity index (χ2v) is 8.31. The lowest BCUT2D eigenvalue weighted by molar-refractivity contribution is 0.466. The van der Waals surface area contributed by atoms with E-state index in [0.29, 0.717) is 39.3 Å². The first-order valence-electron chi connectivity index (χ1n) is 10.9. The molecule has 0 fully saturated rings. The van der Waals surface area contributed by atoms with Crippen LogP contribution < -0.4 is 10.1 Å². The molecule has 0 spiro atoms. The van der Waals surface area contributed by atoms with Gasteiger partial charge in [0, 0.05) is 33.9 Å². The highest BCUT2D eigenvalue weighted by atomic mass is 35.5. The smallest absolute Gasteiger partial charge is 0.228 e. The molecule has 170 valence electrons. The van der Waals surface area contributed by atoms with Crippen molar-refractivity contribution >= 4 is 45.0 Å². The van der Waals surface area contributed by atoms with Crippen LogP contribution in [0.3, 0.4) is 0 Å². The van der Waals surface area contributed by atoms with Gasteiger partial charge in [0.25, 0.3) is 0 Å². The molecule has 0 aliphatic rings. The van der Waals surface area contributed by atoms with Gasteiger partial charge in [0.2, 0.25) is 5.88 Å².